The first-order valence-electron chi connectivity index (χ1n) is 6.36. The standard InChI is InChI=1S/C16H15NO2S/c1-10(2)15(16(18)19)20-14-8-7-11(9-17)12-5-3-4-6-13(12)14/h3-8,10,15H,1-2H3,(H,18,19). The molecule has 0 saturated heterocycles. The summed E-state index contributed by atoms with van der Waals surface area (Å²) >= 11 is 1.34. The van der Waals surface area contributed by atoms with Crippen LogP contribution in [0, 0.1) is 17.2 Å². The number of hydrogen-bond donors (Lipinski definition) is 1. The molecule has 1 N–H and O–H groups in total. The van der Waals surface area contributed by atoms with Crippen LogP contribution in [0.3, 0.4) is 0 Å². The number of benzene rings is 2. The normalized spacial score (nSPS) is 12.3. The van der Waals surface area contributed by atoms with Crippen LogP contribution in [0.2, 0.25) is 0 Å². The summed E-state index contributed by atoms with van der Waals surface area (Å²) in [7, 11) is 0. The highest BCUT2D eigenvalue weighted by molar-refractivity contribution is 8.00. The zero-order valence-corrected chi connectivity index (χ0v) is 12.1. The summed E-state index contributed by atoms with van der Waals surface area (Å²) in [6.45, 7) is 3.80. The first-order valence-corrected chi connectivity index (χ1v) is 7.24. The van der Waals surface area contributed by atoms with Crippen LogP contribution in [-0.2, 0) is 4.79 Å². The number of nitriles is 1. The molecule has 2 aromatic carbocycles. The van der Waals surface area contributed by atoms with Crippen LogP contribution in [0.4, 0.5) is 0 Å². The van der Waals surface area contributed by atoms with E-state index in [0.717, 1.165) is 15.7 Å². The lowest BCUT2D eigenvalue weighted by molar-refractivity contribution is -0.137. The van der Waals surface area contributed by atoms with Crippen LogP contribution in [0.5, 0.6) is 0 Å². The fourth-order valence-electron chi connectivity index (χ4n) is 2.08. The van der Waals surface area contributed by atoms with E-state index in [9.17, 15) is 9.90 Å². The van der Waals surface area contributed by atoms with Gasteiger partial charge in [0.2, 0.25) is 0 Å². The quantitative estimate of drug-likeness (QED) is 0.865. The van der Waals surface area contributed by atoms with Gasteiger partial charge >= 0.3 is 5.97 Å². The summed E-state index contributed by atoms with van der Waals surface area (Å²) in [6.07, 6.45) is 0. The summed E-state index contributed by atoms with van der Waals surface area (Å²) in [5.74, 6) is -0.773. The lowest BCUT2D eigenvalue weighted by Crippen LogP contribution is -2.22. The average molecular weight is 285 g/mol. The van der Waals surface area contributed by atoms with Crippen molar-refractivity contribution in [2.45, 2.75) is 24.0 Å². The highest BCUT2D eigenvalue weighted by Gasteiger charge is 2.23. The molecule has 2 rings (SSSR count). The molecule has 0 fully saturated rings. The molecule has 0 aromatic heterocycles. The van der Waals surface area contributed by atoms with E-state index in [4.69, 9.17) is 5.26 Å². The molecule has 0 spiro atoms. The number of fused-ring (bicyclic) bond motifs is 1. The number of carboxylic acids is 1. The molecule has 20 heavy (non-hydrogen) atoms. The van der Waals surface area contributed by atoms with Crippen LogP contribution in [0.1, 0.15) is 19.4 Å². The fraction of sp³-hybridized carbons (Fsp3) is 0.250. The number of aliphatic carboxylic acids is 1. The molecule has 0 amide bonds. The van der Waals surface area contributed by atoms with E-state index in [1.807, 2.05) is 44.2 Å². The third-order valence-corrected chi connectivity index (χ3v) is 4.72. The first kappa shape index (κ1) is 14.4. The Morgan fingerprint density at radius 2 is 1.85 bits per heavy atom. The van der Waals surface area contributed by atoms with Gasteiger partial charge in [-0.25, -0.2) is 0 Å². The van der Waals surface area contributed by atoms with Gasteiger partial charge in [0.25, 0.3) is 0 Å². The van der Waals surface area contributed by atoms with Crippen molar-refractivity contribution in [3.8, 4) is 6.07 Å². The Hall–Kier alpha value is -1.99. The van der Waals surface area contributed by atoms with Crippen molar-refractivity contribution in [2.24, 2.45) is 5.92 Å². The molecular formula is C16H15NO2S. The van der Waals surface area contributed by atoms with E-state index in [0.29, 0.717) is 5.56 Å². The van der Waals surface area contributed by atoms with Crippen LogP contribution < -0.4 is 0 Å². The number of carboxylic acid groups (broad SMARTS) is 1. The number of carbonyl (C=O) groups is 1. The molecule has 4 heteroatoms. The Bertz CT molecular complexity index is 688. The van der Waals surface area contributed by atoms with Gasteiger partial charge in [0.15, 0.2) is 0 Å². The monoisotopic (exact) mass is 285 g/mol. The highest BCUT2D eigenvalue weighted by atomic mass is 32.2. The molecule has 0 aliphatic rings. The molecule has 102 valence electrons. The van der Waals surface area contributed by atoms with Crippen molar-refractivity contribution < 1.29 is 9.90 Å². The zero-order valence-electron chi connectivity index (χ0n) is 11.3. The van der Waals surface area contributed by atoms with Gasteiger partial charge in [-0.1, -0.05) is 38.1 Å². The molecule has 0 saturated carbocycles. The van der Waals surface area contributed by atoms with Crippen LogP contribution in [-0.4, -0.2) is 16.3 Å². The number of rotatable bonds is 4. The van der Waals surface area contributed by atoms with E-state index in [1.54, 1.807) is 6.07 Å². The van der Waals surface area contributed by atoms with E-state index in [1.165, 1.54) is 11.8 Å². The third-order valence-electron chi connectivity index (χ3n) is 3.11. The van der Waals surface area contributed by atoms with E-state index < -0.39 is 11.2 Å². The van der Waals surface area contributed by atoms with Crippen LogP contribution in [0.15, 0.2) is 41.3 Å². The maximum Gasteiger partial charge on any atom is 0.317 e. The maximum absolute atomic E-state index is 11.3. The molecule has 0 radical (unpaired) electrons. The maximum atomic E-state index is 11.3. The Kier molecular flexibility index (Phi) is 4.31. The minimum atomic E-state index is -0.807. The van der Waals surface area contributed by atoms with Gasteiger partial charge in [0, 0.05) is 10.3 Å². The molecule has 3 nitrogen and oxygen atoms in total. The second-order valence-electron chi connectivity index (χ2n) is 4.89. The van der Waals surface area contributed by atoms with Gasteiger partial charge in [-0.2, -0.15) is 5.26 Å². The van der Waals surface area contributed by atoms with Crippen molar-refractivity contribution in [1.82, 2.24) is 0 Å². The summed E-state index contributed by atoms with van der Waals surface area (Å²) in [5.41, 5.74) is 0.612. The zero-order chi connectivity index (χ0) is 14.7. The van der Waals surface area contributed by atoms with Crippen molar-refractivity contribution in [3.63, 3.8) is 0 Å². The summed E-state index contributed by atoms with van der Waals surface area (Å²) in [4.78, 5) is 12.2. The fourth-order valence-corrected chi connectivity index (χ4v) is 3.18. The van der Waals surface area contributed by atoms with Gasteiger partial charge < -0.3 is 5.11 Å². The minimum absolute atomic E-state index is 0.0342. The average Bonchev–Trinajstić information content (AvgIpc) is 2.43. The topological polar surface area (TPSA) is 61.1 Å². The summed E-state index contributed by atoms with van der Waals surface area (Å²) < 4.78 is 0. The Morgan fingerprint density at radius 1 is 1.20 bits per heavy atom. The summed E-state index contributed by atoms with van der Waals surface area (Å²) in [5, 5.41) is 19.7. The van der Waals surface area contributed by atoms with Crippen molar-refractivity contribution in [3.05, 3.63) is 42.0 Å². The van der Waals surface area contributed by atoms with Gasteiger partial charge in [0.1, 0.15) is 5.25 Å². The largest absolute Gasteiger partial charge is 0.480 e. The molecule has 0 aliphatic heterocycles. The Labute approximate surface area is 122 Å². The SMILES string of the molecule is CC(C)C(Sc1ccc(C#N)c2ccccc12)C(=O)O. The molecule has 1 atom stereocenters. The smallest absolute Gasteiger partial charge is 0.317 e. The highest BCUT2D eigenvalue weighted by Crippen LogP contribution is 2.35. The predicted molar refractivity (Wildman–Crippen MR) is 80.8 cm³/mol. The van der Waals surface area contributed by atoms with Gasteiger partial charge in [0.05, 0.1) is 11.6 Å². The predicted octanol–water partition coefficient (Wildman–Crippen LogP) is 3.91. The minimum Gasteiger partial charge on any atom is -0.480 e. The van der Waals surface area contributed by atoms with E-state index in [-0.39, 0.29) is 5.92 Å². The molecule has 1 unspecified atom stereocenters. The van der Waals surface area contributed by atoms with Gasteiger partial charge in [-0.05, 0) is 23.4 Å². The lowest BCUT2D eigenvalue weighted by atomic mass is 10.1. The summed E-state index contributed by atoms with van der Waals surface area (Å²) in [6, 6.07) is 13.4. The first-order chi connectivity index (χ1) is 9.54. The molecule has 2 aromatic rings. The second-order valence-corrected chi connectivity index (χ2v) is 6.07. The number of nitrogens with zero attached hydrogens (tertiary/aromatic N) is 1. The van der Waals surface area contributed by atoms with E-state index in [2.05, 4.69) is 6.07 Å². The number of hydrogen-bond acceptors (Lipinski definition) is 3. The third kappa shape index (κ3) is 2.78. The molecule has 0 heterocycles. The number of thioether (sulfide) groups is 1. The van der Waals surface area contributed by atoms with Crippen molar-refractivity contribution in [2.75, 3.05) is 0 Å². The van der Waals surface area contributed by atoms with Gasteiger partial charge in [-0.3, -0.25) is 4.79 Å². The van der Waals surface area contributed by atoms with Gasteiger partial charge in [-0.15, -0.1) is 11.8 Å². The Balaban J connectivity index is 2.51. The van der Waals surface area contributed by atoms with Crippen molar-refractivity contribution in [1.29, 1.82) is 5.26 Å². The van der Waals surface area contributed by atoms with E-state index >= 15 is 0 Å². The second kappa shape index (κ2) is 5.98. The Morgan fingerprint density at radius 3 is 2.40 bits per heavy atom. The molecular weight excluding hydrogens is 270 g/mol. The molecule has 0 bridgehead atoms. The van der Waals surface area contributed by atoms with Crippen molar-refractivity contribution >= 4 is 28.5 Å². The van der Waals surface area contributed by atoms with Crippen LogP contribution in [0.25, 0.3) is 10.8 Å². The molecule has 0 aliphatic carbocycles. The van der Waals surface area contributed by atoms with Crippen LogP contribution >= 0.6 is 11.8 Å². The lowest BCUT2D eigenvalue weighted by Gasteiger charge is -2.17.